The molecule has 0 atom stereocenters. The lowest BCUT2D eigenvalue weighted by Gasteiger charge is -2.37. The van der Waals surface area contributed by atoms with Crippen molar-refractivity contribution in [1.29, 1.82) is 0 Å². The number of rotatable bonds is 7. The Morgan fingerprint density at radius 3 is 2.39 bits per heavy atom. The third-order valence-corrected chi connectivity index (χ3v) is 5.89. The van der Waals surface area contributed by atoms with E-state index in [4.69, 9.17) is 4.74 Å². The predicted octanol–water partition coefficient (Wildman–Crippen LogP) is 4.02. The van der Waals surface area contributed by atoms with Crippen LogP contribution in [-0.2, 0) is 9.53 Å². The van der Waals surface area contributed by atoms with E-state index in [1.165, 1.54) is 0 Å². The van der Waals surface area contributed by atoms with Crippen LogP contribution in [0, 0.1) is 13.8 Å². The SMILES string of the molecule is CCOC(=O)CN(C)C1CCN(c2ccc(NC(=O)c3ccc(C)cc3C)cc2)CC1. The first-order valence-corrected chi connectivity index (χ1v) is 11.0. The number of amides is 1. The Bertz CT molecular complexity index is 903. The van der Waals surface area contributed by atoms with E-state index in [-0.39, 0.29) is 11.9 Å². The zero-order valence-corrected chi connectivity index (χ0v) is 19.0. The normalized spacial score (nSPS) is 14.5. The maximum Gasteiger partial charge on any atom is 0.320 e. The number of likely N-dealkylation sites (N-methyl/N-ethyl adjacent to an activating group) is 1. The molecule has 0 radical (unpaired) electrons. The molecular formula is C25H33N3O3. The first kappa shape index (κ1) is 22.8. The molecule has 1 heterocycles. The number of nitrogens with zero attached hydrogens (tertiary/aromatic N) is 2. The van der Waals surface area contributed by atoms with Crippen LogP contribution in [0.4, 0.5) is 11.4 Å². The molecule has 1 saturated heterocycles. The first-order chi connectivity index (χ1) is 14.9. The van der Waals surface area contributed by atoms with E-state index in [0.717, 1.165) is 48.4 Å². The maximum atomic E-state index is 12.6. The molecule has 1 amide bonds. The van der Waals surface area contributed by atoms with Gasteiger partial charge in [0, 0.05) is 36.1 Å². The predicted molar refractivity (Wildman–Crippen MR) is 125 cm³/mol. The average molecular weight is 424 g/mol. The van der Waals surface area contributed by atoms with E-state index < -0.39 is 0 Å². The minimum absolute atomic E-state index is 0.0873. The summed E-state index contributed by atoms with van der Waals surface area (Å²) in [5.74, 6) is -0.249. The van der Waals surface area contributed by atoms with Gasteiger partial charge in [-0.3, -0.25) is 14.5 Å². The standard InChI is InChI=1S/C25H33N3O3/c1-5-31-24(29)17-27(4)21-12-14-28(15-13-21)22-9-7-20(8-10-22)26-25(30)23-11-6-18(2)16-19(23)3/h6-11,16,21H,5,12-15,17H2,1-4H3,(H,26,30). The molecule has 31 heavy (non-hydrogen) atoms. The summed E-state index contributed by atoms with van der Waals surface area (Å²) in [6.07, 6.45) is 2.00. The van der Waals surface area contributed by atoms with Gasteiger partial charge in [0.15, 0.2) is 0 Å². The number of piperidine rings is 1. The van der Waals surface area contributed by atoms with Crippen LogP contribution in [0.1, 0.15) is 41.3 Å². The number of benzene rings is 2. The Hall–Kier alpha value is -2.86. The molecule has 0 spiro atoms. The minimum atomic E-state index is -0.161. The quantitative estimate of drug-likeness (QED) is 0.682. The van der Waals surface area contributed by atoms with Crippen molar-refractivity contribution < 1.29 is 14.3 Å². The number of esters is 1. The van der Waals surface area contributed by atoms with Gasteiger partial charge in [0.25, 0.3) is 5.91 Å². The number of aryl methyl sites for hydroxylation is 2. The number of ether oxygens (including phenoxy) is 1. The van der Waals surface area contributed by atoms with E-state index >= 15 is 0 Å². The van der Waals surface area contributed by atoms with Gasteiger partial charge in [-0.15, -0.1) is 0 Å². The largest absolute Gasteiger partial charge is 0.465 e. The molecule has 0 unspecified atom stereocenters. The third kappa shape index (κ3) is 6.07. The fourth-order valence-corrected chi connectivity index (χ4v) is 4.13. The molecule has 0 aromatic heterocycles. The summed E-state index contributed by atoms with van der Waals surface area (Å²) in [7, 11) is 1.99. The van der Waals surface area contributed by atoms with Crippen molar-refractivity contribution in [3.63, 3.8) is 0 Å². The van der Waals surface area contributed by atoms with Gasteiger partial charge in [-0.25, -0.2) is 0 Å². The monoisotopic (exact) mass is 423 g/mol. The highest BCUT2D eigenvalue weighted by Gasteiger charge is 2.24. The summed E-state index contributed by atoms with van der Waals surface area (Å²) in [6, 6.07) is 14.3. The van der Waals surface area contributed by atoms with Crippen LogP contribution < -0.4 is 10.2 Å². The molecule has 1 fully saturated rings. The summed E-state index contributed by atoms with van der Waals surface area (Å²) >= 11 is 0. The van der Waals surface area contributed by atoms with E-state index in [9.17, 15) is 9.59 Å². The molecule has 6 heteroatoms. The van der Waals surface area contributed by atoms with Gasteiger partial charge in [-0.2, -0.15) is 0 Å². The highest BCUT2D eigenvalue weighted by Crippen LogP contribution is 2.24. The van der Waals surface area contributed by atoms with Crippen molar-refractivity contribution in [3.05, 3.63) is 59.2 Å². The number of anilines is 2. The molecule has 0 bridgehead atoms. The van der Waals surface area contributed by atoms with Gasteiger partial charge < -0.3 is 15.0 Å². The lowest BCUT2D eigenvalue weighted by atomic mass is 10.0. The van der Waals surface area contributed by atoms with Crippen LogP contribution in [-0.4, -0.2) is 56.1 Å². The third-order valence-electron chi connectivity index (χ3n) is 5.89. The average Bonchev–Trinajstić information content (AvgIpc) is 2.74. The molecule has 0 aliphatic carbocycles. The zero-order valence-electron chi connectivity index (χ0n) is 19.0. The van der Waals surface area contributed by atoms with Crippen LogP contribution in [0.3, 0.4) is 0 Å². The van der Waals surface area contributed by atoms with E-state index in [0.29, 0.717) is 24.8 Å². The highest BCUT2D eigenvalue weighted by molar-refractivity contribution is 6.05. The molecule has 1 aliphatic heterocycles. The number of hydrogen-bond donors (Lipinski definition) is 1. The lowest BCUT2D eigenvalue weighted by Crippen LogP contribution is -2.45. The first-order valence-electron chi connectivity index (χ1n) is 11.0. The number of hydrogen-bond acceptors (Lipinski definition) is 5. The zero-order chi connectivity index (χ0) is 22.4. The summed E-state index contributed by atoms with van der Waals surface area (Å²) < 4.78 is 5.05. The fourth-order valence-electron chi connectivity index (χ4n) is 4.13. The van der Waals surface area contributed by atoms with Crippen molar-refractivity contribution in [2.24, 2.45) is 0 Å². The molecule has 2 aromatic carbocycles. The number of nitrogens with one attached hydrogen (secondary N) is 1. The summed E-state index contributed by atoms with van der Waals surface area (Å²) in [5.41, 5.74) is 4.76. The van der Waals surface area contributed by atoms with Crippen LogP contribution in [0.5, 0.6) is 0 Å². The Labute approximate surface area is 185 Å². The van der Waals surface area contributed by atoms with E-state index in [1.54, 1.807) is 0 Å². The van der Waals surface area contributed by atoms with Gasteiger partial charge in [0.05, 0.1) is 13.2 Å². The van der Waals surface area contributed by atoms with Gasteiger partial charge >= 0.3 is 5.97 Å². The lowest BCUT2D eigenvalue weighted by molar-refractivity contribution is -0.144. The summed E-state index contributed by atoms with van der Waals surface area (Å²) in [5, 5.41) is 2.99. The number of carbonyl (C=O) groups excluding carboxylic acids is 2. The second kappa shape index (κ2) is 10.4. The van der Waals surface area contributed by atoms with Crippen molar-refractivity contribution >= 4 is 23.3 Å². The maximum absolute atomic E-state index is 12.6. The van der Waals surface area contributed by atoms with Gasteiger partial charge in [-0.1, -0.05) is 17.7 Å². The van der Waals surface area contributed by atoms with Crippen molar-refractivity contribution in [2.75, 3.05) is 43.5 Å². The fraction of sp³-hybridized carbons (Fsp3) is 0.440. The smallest absolute Gasteiger partial charge is 0.320 e. The second-order valence-electron chi connectivity index (χ2n) is 8.26. The number of carbonyl (C=O) groups is 2. The second-order valence-corrected chi connectivity index (χ2v) is 8.26. The molecule has 0 saturated carbocycles. The van der Waals surface area contributed by atoms with Crippen LogP contribution >= 0.6 is 0 Å². The molecule has 6 nitrogen and oxygen atoms in total. The summed E-state index contributed by atoms with van der Waals surface area (Å²) in [4.78, 5) is 28.8. The summed E-state index contributed by atoms with van der Waals surface area (Å²) in [6.45, 7) is 8.45. The van der Waals surface area contributed by atoms with Crippen molar-refractivity contribution in [3.8, 4) is 0 Å². The molecule has 1 N–H and O–H groups in total. The Balaban J connectivity index is 1.53. The van der Waals surface area contributed by atoms with Crippen LogP contribution in [0.2, 0.25) is 0 Å². The van der Waals surface area contributed by atoms with Crippen molar-refractivity contribution in [1.82, 2.24) is 4.90 Å². The minimum Gasteiger partial charge on any atom is -0.465 e. The molecule has 1 aliphatic rings. The van der Waals surface area contributed by atoms with E-state index in [1.807, 2.05) is 58.2 Å². The van der Waals surface area contributed by atoms with Crippen molar-refractivity contribution in [2.45, 2.75) is 39.7 Å². The van der Waals surface area contributed by atoms with Crippen LogP contribution in [0.25, 0.3) is 0 Å². The topological polar surface area (TPSA) is 61.9 Å². The molecule has 2 aromatic rings. The van der Waals surface area contributed by atoms with E-state index in [2.05, 4.69) is 27.2 Å². The highest BCUT2D eigenvalue weighted by atomic mass is 16.5. The molecule has 166 valence electrons. The molecule has 3 rings (SSSR count). The van der Waals surface area contributed by atoms with Gasteiger partial charge in [-0.05, 0) is 76.6 Å². The van der Waals surface area contributed by atoms with Gasteiger partial charge in [0.2, 0.25) is 0 Å². The Morgan fingerprint density at radius 1 is 1.10 bits per heavy atom. The Kier molecular flexibility index (Phi) is 7.69. The Morgan fingerprint density at radius 2 is 1.77 bits per heavy atom. The molecular weight excluding hydrogens is 390 g/mol. The van der Waals surface area contributed by atoms with Crippen LogP contribution in [0.15, 0.2) is 42.5 Å². The van der Waals surface area contributed by atoms with Gasteiger partial charge in [0.1, 0.15) is 0 Å².